The smallest absolute Gasteiger partial charge is 0.0435 e. The highest BCUT2D eigenvalue weighted by atomic mass is 15.2. The van der Waals surface area contributed by atoms with E-state index in [1.807, 2.05) is 0 Å². The first-order valence-corrected chi connectivity index (χ1v) is 8.54. The van der Waals surface area contributed by atoms with Gasteiger partial charge in [-0.15, -0.1) is 0 Å². The van der Waals surface area contributed by atoms with Gasteiger partial charge in [-0.1, -0.05) is 43.2 Å². The summed E-state index contributed by atoms with van der Waals surface area (Å²) in [5, 5.41) is 3.93. The van der Waals surface area contributed by atoms with E-state index in [9.17, 15) is 0 Å². The third-order valence-electron chi connectivity index (χ3n) is 5.16. The van der Waals surface area contributed by atoms with Crippen LogP contribution in [-0.4, -0.2) is 36.1 Å². The molecule has 3 rings (SSSR count). The number of nitrogens with one attached hydrogen (secondary N) is 1. The van der Waals surface area contributed by atoms with Crippen LogP contribution in [0.1, 0.15) is 44.1 Å². The van der Waals surface area contributed by atoms with Crippen LogP contribution in [0.2, 0.25) is 0 Å². The first kappa shape index (κ1) is 15.0. The molecule has 1 aliphatic carbocycles. The Hall–Kier alpha value is -0.900. The number of rotatable bonds is 5. The van der Waals surface area contributed by atoms with E-state index >= 15 is 0 Å². The lowest BCUT2D eigenvalue weighted by atomic mass is 9.87. The molecule has 0 radical (unpaired) electrons. The Labute approximate surface area is 128 Å². The van der Waals surface area contributed by atoms with Gasteiger partial charge in [-0.25, -0.2) is 0 Å². The van der Waals surface area contributed by atoms with Crippen LogP contribution in [-0.2, 0) is 6.54 Å². The minimum atomic E-state index is 0.141. The lowest BCUT2D eigenvalue weighted by Gasteiger charge is -2.44. The van der Waals surface area contributed by atoms with Crippen molar-refractivity contribution in [2.45, 2.75) is 56.7 Å². The van der Waals surface area contributed by atoms with Crippen molar-refractivity contribution in [3.05, 3.63) is 35.9 Å². The Bertz CT molecular complexity index is 427. The second kappa shape index (κ2) is 6.91. The zero-order valence-electron chi connectivity index (χ0n) is 13.1. The van der Waals surface area contributed by atoms with Gasteiger partial charge < -0.3 is 11.1 Å². The Morgan fingerprint density at radius 3 is 2.62 bits per heavy atom. The first-order valence-electron chi connectivity index (χ1n) is 8.54. The van der Waals surface area contributed by atoms with Crippen molar-refractivity contribution in [1.82, 2.24) is 10.2 Å². The van der Waals surface area contributed by atoms with Gasteiger partial charge in [0.25, 0.3) is 0 Å². The maximum absolute atomic E-state index is 6.18. The summed E-state index contributed by atoms with van der Waals surface area (Å²) in [6.45, 7) is 4.10. The molecule has 1 unspecified atom stereocenters. The van der Waals surface area contributed by atoms with Gasteiger partial charge in [0.2, 0.25) is 0 Å². The largest absolute Gasteiger partial charge is 0.329 e. The lowest BCUT2D eigenvalue weighted by Crippen LogP contribution is -2.62. The summed E-state index contributed by atoms with van der Waals surface area (Å²) < 4.78 is 0. The molecule has 2 aliphatic rings. The van der Waals surface area contributed by atoms with Gasteiger partial charge in [0, 0.05) is 31.2 Å². The Morgan fingerprint density at radius 2 is 1.90 bits per heavy atom. The molecular formula is C18H29N3. The van der Waals surface area contributed by atoms with E-state index in [4.69, 9.17) is 5.73 Å². The van der Waals surface area contributed by atoms with Crippen molar-refractivity contribution in [3.63, 3.8) is 0 Å². The molecule has 1 aromatic carbocycles. The van der Waals surface area contributed by atoms with E-state index in [2.05, 4.69) is 40.5 Å². The lowest BCUT2D eigenvalue weighted by molar-refractivity contribution is 0.110. The first-order chi connectivity index (χ1) is 10.3. The van der Waals surface area contributed by atoms with Crippen molar-refractivity contribution in [3.8, 4) is 0 Å². The highest BCUT2D eigenvalue weighted by molar-refractivity contribution is 5.15. The number of piperidine rings is 1. The zero-order chi connectivity index (χ0) is 14.5. The molecule has 0 spiro atoms. The third-order valence-corrected chi connectivity index (χ3v) is 5.16. The molecule has 3 N–H and O–H groups in total. The van der Waals surface area contributed by atoms with E-state index in [-0.39, 0.29) is 5.54 Å². The highest BCUT2D eigenvalue weighted by Gasteiger charge is 2.36. The van der Waals surface area contributed by atoms with Crippen molar-refractivity contribution in [2.24, 2.45) is 5.73 Å². The molecule has 1 aromatic rings. The summed E-state index contributed by atoms with van der Waals surface area (Å²) in [6, 6.07) is 11.5. The Morgan fingerprint density at radius 1 is 1.14 bits per heavy atom. The third kappa shape index (κ3) is 3.85. The molecule has 1 heterocycles. The van der Waals surface area contributed by atoms with Crippen LogP contribution in [0.25, 0.3) is 0 Å². The summed E-state index contributed by atoms with van der Waals surface area (Å²) in [4.78, 5) is 2.58. The highest BCUT2D eigenvalue weighted by Crippen LogP contribution is 2.26. The fraction of sp³-hybridized carbons (Fsp3) is 0.667. The van der Waals surface area contributed by atoms with Gasteiger partial charge in [0.15, 0.2) is 0 Å². The summed E-state index contributed by atoms with van der Waals surface area (Å²) in [5.74, 6) is 0. The van der Waals surface area contributed by atoms with Gasteiger partial charge in [-0.3, -0.25) is 4.90 Å². The average molecular weight is 287 g/mol. The normalized spacial score (nSPS) is 28.0. The molecule has 1 aliphatic heterocycles. The zero-order valence-corrected chi connectivity index (χ0v) is 13.1. The number of nitrogens with two attached hydrogens (primary N) is 1. The topological polar surface area (TPSA) is 41.3 Å². The maximum atomic E-state index is 6.18. The van der Waals surface area contributed by atoms with Crippen LogP contribution in [0.3, 0.4) is 0 Å². The SMILES string of the molecule is NCC1(NC2CCCC2)CCCN(Cc2ccccc2)C1. The molecular weight excluding hydrogens is 258 g/mol. The summed E-state index contributed by atoms with van der Waals surface area (Å²) in [5.41, 5.74) is 7.73. The standard InChI is InChI=1S/C18H29N3/c19-14-18(20-17-9-4-5-10-17)11-6-12-21(15-18)13-16-7-2-1-3-8-16/h1-3,7-8,17,20H,4-6,9-15,19H2. The molecule has 21 heavy (non-hydrogen) atoms. The molecule has 116 valence electrons. The van der Waals surface area contributed by atoms with Crippen LogP contribution in [0.5, 0.6) is 0 Å². The molecule has 1 saturated carbocycles. The minimum Gasteiger partial charge on any atom is -0.329 e. The molecule has 1 atom stereocenters. The maximum Gasteiger partial charge on any atom is 0.0435 e. The minimum absolute atomic E-state index is 0.141. The molecule has 1 saturated heterocycles. The van der Waals surface area contributed by atoms with Gasteiger partial charge in [0.05, 0.1) is 0 Å². The summed E-state index contributed by atoms with van der Waals surface area (Å²) in [7, 11) is 0. The molecule has 3 nitrogen and oxygen atoms in total. The number of likely N-dealkylation sites (tertiary alicyclic amines) is 1. The van der Waals surface area contributed by atoms with Crippen LogP contribution >= 0.6 is 0 Å². The van der Waals surface area contributed by atoms with Crippen LogP contribution in [0.4, 0.5) is 0 Å². The number of nitrogens with zero attached hydrogens (tertiary/aromatic N) is 1. The van der Waals surface area contributed by atoms with E-state index in [0.29, 0.717) is 6.04 Å². The number of benzene rings is 1. The van der Waals surface area contributed by atoms with Crippen LogP contribution < -0.4 is 11.1 Å². The van der Waals surface area contributed by atoms with Crippen LogP contribution in [0, 0.1) is 0 Å². The summed E-state index contributed by atoms with van der Waals surface area (Å²) >= 11 is 0. The van der Waals surface area contributed by atoms with E-state index in [1.165, 1.54) is 50.6 Å². The predicted molar refractivity (Wildman–Crippen MR) is 88.1 cm³/mol. The molecule has 2 fully saturated rings. The van der Waals surface area contributed by atoms with E-state index in [0.717, 1.165) is 19.6 Å². The van der Waals surface area contributed by atoms with Gasteiger partial charge in [-0.05, 0) is 37.8 Å². The molecule has 0 bridgehead atoms. The van der Waals surface area contributed by atoms with Crippen molar-refractivity contribution in [2.75, 3.05) is 19.6 Å². The van der Waals surface area contributed by atoms with Crippen molar-refractivity contribution in [1.29, 1.82) is 0 Å². The second-order valence-corrected chi connectivity index (χ2v) is 6.91. The van der Waals surface area contributed by atoms with Crippen molar-refractivity contribution < 1.29 is 0 Å². The number of hydrogen-bond donors (Lipinski definition) is 2. The fourth-order valence-corrected chi connectivity index (χ4v) is 4.05. The van der Waals surface area contributed by atoms with Gasteiger partial charge >= 0.3 is 0 Å². The van der Waals surface area contributed by atoms with Crippen LogP contribution in [0.15, 0.2) is 30.3 Å². The Balaban J connectivity index is 1.62. The summed E-state index contributed by atoms with van der Waals surface area (Å²) in [6.07, 6.45) is 7.91. The van der Waals surface area contributed by atoms with Gasteiger partial charge in [0.1, 0.15) is 0 Å². The van der Waals surface area contributed by atoms with E-state index < -0.39 is 0 Å². The molecule has 0 aromatic heterocycles. The molecule has 3 heteroatoms. The van der Waals surface area contributed by atoms with E-state index in [1.54, 1.807) is 0 Å². The van der Waals surface area contributed by atoms with Gasteiger partial charge in [-0.2, -0.15) is 0 Å². The average Bonchev–Trinajstić information content (AvgIpc) is 3.01. The van der Waals surface area contributed by atoms with Crippen molar-refractivity contribution >= 4 is 0 Å². The number of hydrogen-bond acceptors (Lipinski definition) is 3. The molecule has 0 amide bonds. The second-order valence-electron chi connectivity index (χ2n) is 6.91. The monoisotopic (exact) mass is 287 g/mol. The Kier molecular flexibility index (Phi) is 4.94. The quantitative estimate of drug-likeness (QED) is 0.874. The predicted octanol–water partition coefficient (Wildman–Crippen LogP) is 2.51. The fourth-order valence-electron chi connectivity index (χ4n) is 4.05.